The average Bonchev–Trinajstić information content (AvgIpc) is 3.25. The Morgan fingerprint density at radius 3 is 2.36 bits per heavy atom. The third-order valence-electron chi connectivity index (χ3n) is 5.52. The smallest absolute Gasteiger partial charge is 0.332 e. The molecule has 0 spiro atoms. The monoisotopic (exact) mass is 391 g/mol. The van der Waals surface area contributed by atoms with Gasteiger partial charge in [0.05, 0.1) is 17.2 Å². The zero-order chi connectivity index (χ0) is 19.7. The Labute approximate surface area is 164 Å². The molecule has 3 aromatic rings. The molecule has 0 fully saturated rings. The lowest BCUT2D eigenvalue weighted by Gasteiger charge is -2.28. The first-order valence-electron chi connectivity index (χ1n) is 8.91. The summed E-state index contributed by atoms with van der Waals surface area (Å²) in [5.41, 5.74) is 2.34. The quantitative estimate of drug-likeness (QED) is 0.692. The number of fused-ring (bicyclic) bond motifs is 3. The number of benzene rings is 1. The number of nitrogens with one attached hydrogen (secondary N) is 1. The number of carbonyl (C=O) groups excluding carboxylic acids is 1. The Bertz CT molecular complexity index is 1340. The number of Topliss-reactive ketones (excluding diaryl/α,β-unsaturated/α-hetero) is 1. The molecule has 28 heavy (non-hydrogen) atoms. The van der Waals surface area contributed by atoms with Gasteiger partial charge >= 0.3 is 5.69 Å². The van der Waals surface area contributed by atoms with Crippen LogP contribution >= 0.6 is 11.3 Å². The maximum atomic E-state index is 13.3. The number of allylic oxidation sites excluding steroid dienone is 1. The molecule has 1 aromatic carbocycles. The molecule has 1 aliphatic heterocycles. The number of nitrogens with zero attached hydrogens (tertiary/aromatic N) is 2. The number of anilines is 1. The van der Waals surface area contributed by atoms with Gasteiger partial charge in [0.15, 0.2) is 5.78 Å². The maximum Gasteiger partial charge on any atom is 0.332 e. The first-order chi connectivity index (χ1) is 13.4. The fourth-order valence-corrected chi connectivity index (χ4v) is 5.15. The molecule has 0 amide bonds. The second-order valence-corrected chi connectivity index (χ2v) is 8.46. The highest BCUT2D eigenvalue weighted by molar-refractivity contribution is 7.12. The summed E-state index contributed by atoms with van der Waals surface area (Å²) < 4.78 is 2.55. The van der Waals surface area contributed by atoms with Gasteiger partial charge in [0.1, 0.15) is 5.82 Å². The fourth-order valence-electron chi connectivity index (χ4n) is 4.15. The van der Waals surface area contributed by atoms with E-state index in [-0.39, 0.29) is 11.3 Å². The van der Waals surface area contributed by atoms with E-state index in [4.69, 9.17) is 0 Å². The zero-order valence-corrected chi connectivity index (χ0v) is 16.4. The van der Waals surface area contributed by atoms with Crippen LogP contribution in [0.2, 0.25) is 0 Å². The van der Waals surface area contributed by atoms with E-state index < -0.39 is 11.6 Å². The summed E-state index contributed by atoms with van der Waals surface area (Å²) in [6.07, 6.45) is 0. The van der Waals surface area contributed by atoms with Crippen LogP contribution in [-0.4, -0.2) is 14.9 Å². The van der Waals surface area contributed by atoms with E-state index in [0.717, 1.165) is 19.9 Å². The SMILES string of the molecule is Cc1ccc(C2C3=C(Nc4c2c(=O)n(C)c(=O)n4C)c2ccccc2C3=O)s1. The van der Waals surface area contributed by atoms with Gasteiger partial charge in [-0.3, -0.25) is 18.7 Å². The summed E-state index contributed by atoms with van der Waals surface area (Å²) in [5.74, 6) is -0.126. The average molecular weight is 391 g/mol. The van der Waals surface area contributed by atoms with Crippen molar-refractivity contribution < 1.29 is 4.79 Å². The van der Waals surface area contributed by atoms with E-state index in [1.165, 1.54) is 11.6 Å². The molecule has 1 unspecified atom stereocenters. The van der Waals surface area contributed by atoms with Crippen molar-refractivity contribution >= 4 is 28.6 Å². The van der Waals surface area contributed by atoms with Gasteiger partial charge < -0.3 is 5.32 Å². The summed E-state index contributed by atoms with van der Waals surface area (Å²) >= 11 is 1.56. The minimum atomic E-state index is -0.504. The summed E-state index contributed by atoms with van der Waals surface area (Å²) in [6, 6.07) is 11.4. The molecule has 7 heteroatoms. The molecule has 1 N–H and O–H groups in total. The first kappa shape index (κ1) is 16.9. The van der Waals surface area contributed by atoms with Crippen molar-refractivity contribution in [1.82, 2.24) is 9.13 Å². The number of ketones is 1. The number of rotatable bonds is 1. The van der Waals surface area contributed by atoms with Crippen LogP contribution in [0.25, 0.3) is 5.70 Å². The molecule has 6 nitrogen and oxygen atoms in total. The van der Waals surface area contributed by atoms with Crippen LogP contribution in [0.5, 0.6) is 0 Å². The van der Waals surface area contributed by atoms with E-state index in [9.17, 15) is 14.4 Å². The fraction of sp³-hybridized carbons (Fsp3) is 0.190. The second kappa shape index (κ2) is 5.65. The van der Waals surface area contributed by atoms with Gasteiger partial charge in [-0.25, -0.2) is 4.79 Å². The van der Waals surface area contributed by atoms with E-state index in [2.05, 4.69) is 5.32 Å². The molecular weight excluding hydrogens is 374 g/mol. The highest BCUT2D eigenvalue weighted by atomic mass is 32.1. The number of hydrogen-bond donors (Lipinski definition) is 1. The topological polar surface area (TPSA) is 73.1 Å². The highest BCUT2D eigenvalue weighted by Crippen LogP contribution is 2.48. The Kier molecular flexibility index (Phi) is 3.42. The van der Waals surface area contributed by atoms with Gasteiger partial charge in [-0.15, -0.1) is 11.3 Å². The standard InChI is InChI=1S/C21H17N3O3S/c1-10-8-9-13(28-10)14-15-17(11-6-4-5-7-12(11)18(15)25)22-19-16(14)20(26)24(3)21(27)23(19)2/h4-9,14,22H,1-3H3. The van der Waals surface area contributed by atoms with Crippen LogP contribution in [0.3, 0.4) is 0 Å². The highest BCUT2D eigenvalue weighted by Gasteiger charge is 2.43. The molecule has 2 aliphatic rings. The summed E-state index contributed by atoms with van der Waals surface area (Å²) in [7, 11) is 3.11. The van der Waals surface area contributed by atoms with E-state index in [0.29, 0.717) is 28.2 Å². The zero-order valence-electron chi connectivity index (χ0n) is 15.6. The van der Waals surface area contributed by atoms with Gasteiger partial charge in [-0.2, -0.15) is 0 Å². The lowest BCUT2D eigenvalue weighted by Crippen LogP contribution is -2.42. The van der Waals surface area contributed by atoms with E-state index >= 15 is 0 Å². The molecule has 0 saturated heterocycles. The Balaban J connectivity index is 1.90. The summed E-state index contributed by atoms with van der Waals surface area (Å²) in [5, 5.41) is 3.24. The van der Waals surface area contributed by atoms with Gasteiger partial charge in [0.2, 0.25) is 0 Å². The number of thiophene rings is 1. The summed E-state index contributed by atoms with van der Waals surface area (Å²) in [4.78, 5) is 41.0. The molecule has 1 aliphatic carbocycles. The molecule has 2 aromatic heterocycles. The van der Waals surface area contributed by atoms with E-state index in [1.807, 2.05) is 37.3 Å². The molecule has 0 bridgehead atoms. The van der Waals surface area contributed by atoms with Gasteiger partial charge in [0, 0.05) is 40.5 Å². The number of hydrogen-bond acceptors (Lipinski definition) is 5. The van der Waals surface area contributed by atoms with Crippen LogP contribution in [0.4, 0.5) is 5.82 Å². The molecule has 0 saturated carbocycles. The lowest BCUT2D eigenvalue weighted by molar-refractivity contribution is 0.103. The Morgan fingerprint density at radius 2 is 1.68 bits per heavy atom. The number of carbonyl (C=O) groups is 1. The molecule has 5 rings (SSSR count). The third-order valence-corrected chi connectivity index (χ3v) is 6.59. The largest absolute Gasteiger partial charge is 0.340 e. The van der Waals surface area contributed by atoms with Crippen LogP contribution in [0.1, 0.15) is 37.2 Å². The molecule has 0 radical (unpaired) electrons. The molecule has 3 heterocycles. The van der Waals surface area contributed by atoms with E-state index in [1.54, 1.807) is 24.5 Å². The first-order valence-corrected chi connectivity index (χ1v) is 9.73. The predicted octanol–water partition coefficient (Wildman–Crippen LogP) is 2.62. The number of aryl methyl sites for hydroxylation is 1. The predicted molar refractivity (Wildman–Crippen MR) is 109 cm³/mol. The summed E-state index contributed by atoms with van der Waals surface area (Å²) in [6.45, 7) is 2.00. The minimum absolute atomic E-state index is 0.0734. The lowest BCUT2D eigenvalue weighted by atomic mass is 9.85. The van der Waals surface area contributed by atoms with Crippen molar-refractivity contribution in [2.45, 2.75) is 12.8 Å². The number of aromatic nitrogens is 2. The molecule has 1 atom stereocenters. The van der Waals surface area contributed by atoms with Crippen molar-refractivity contribution in [3.8, 4) is 0 Å². The van der Waals surface area contributed by atoms with Gasteiger partial charge in [-0.05, 0) is 19.1 Å². The molecule has 140 valence electrons. The van der Waals surface area contributed by atoms with Crippen molar-refractivity contribution in [3.05, 3.63) is 89.3 Å². The van der Waals surface area contributed by atoms with Crippen LogP contribution in [0, 0.1) is 6.92 Å². The van der Waals surface area contributed by atoms with Crippen LogP contribution in [-0.2, 0) is 14.1 Å². The molecular formula is C21H17N3O3S. The normalized spacial score (nSPS) is 17.2. The Morgan fingerprint density at radius 1 is 0.964 bits per heavy atom. The van der Waals surface area contributed by atoms with Crippen molar-refractivity contribution in [1.29, 1.82) is 0 Å². The third kappa shape index (κ3) is 2.05. The van der Waals surface area contributed by atoms with Crippen molar-refractivity contribution in [2.24, 2.45) is 14.1 Å². The van der Waals surface area contributed by atoms with Crippen LogP contribution < -0.4 is 16.6 Å². The maximum absolute atomic E-state index is 13.3. The second-order valence-electron chi connectivity index (χ2n) is 7.14. The Hall–Kier alpha value is -3.19. The van der Waals surface area contributed by atoms with Gasteiger partial charge in [0.25, 0.3) is 5.56 Å². The van der Waals surface area contributed by atoms with Crippen molar-refractivity contribution in [3.63, 3.8) is 0 Å². The van der Waals surface area contributed by atoms with Gasteiger partial charge in [-0.1, -0.05) is 24.3 Å². The van der Waals surface area contributed by atoms with Crippen molar-refractivity contribution in [2.75, 3.05) is 5.32 Å². The van der Waals surface area contributed by atoms with Crippen LogP contribution in [0.15, 0.2) is 51.6 Å². The minimum Gasteiger partial charge on any atom is -0.340 e.